The van der Waals surface area contributed by atoms with Crippen LogP contribution in [0.1, 0.15) is 5.56 Å². The molecule has 0 saturated heterocycles. The molecule has 0 aliphatic carbocycles. The molecule has 0 bridgehead atoms. The summed E-state index contributed by atoms with van der Waals surface area (Å²) in [5.41, 5.74) is 2.42. The number of aromatic nitrogens is 1. The SMILES string of the molecule is Cn1cc(CNc2ccccc2)cc1Br. The first kappa shape index (κ1) is 10.3. The number of halogens is 1. The third kappa shape index (κ3) is 2.63. The lowest BCUT2D eigenvalue weighted by atomic mass is 10.3. The van der Waals surface area contributed by atoms with Crippen LogP contribution in [0, 0.1) is 0 Å². The Bertz CT molecular complexity index is 415. The number of para-hydroxylation sites is 1. The molecule has 0 fully saturated rings. The van der Waals surface area contributed by atoms with Crippen LogP contribution in [0.4, 0.5) is 5.69 Å². The van der Waals surface area contributed by atoms with Crippen molar-refractivity contribution in [3.63, 3.8) is 0 Å². The van der Waals surface area contributed by atoms with Gasteiger partial charge >= 0.3 is 0 Å². The van der Waals surface area contributed by atoms with Gasteiger partial charge in [0.2, 0.25) is 0 Å². The molecule has 1 N–H and O–H groups in total. The fourth-order valence-electron chi connectivity index (χ4n) is 1.46. The van der Waals surface area contributed by atoms with Gasteiger partial charge in [-0.2, -0.15) is 0 Å². The van der Waals surface area contributed by atoms with Crippen LogP contribution in [0.3, 0.4) is 0 Å². The molecule has 0 aliphatic heterocycles. The van der Waals surface area contributed by atoms with Crippen LogP contribution in [0.15, 0.2) is 47.2 Å². The molecule has 1 aromatic carbocycles. The third-order valence-corrected chi connectivity index (χ3v) is 3.06. The Morgan fingerprint density at radius 3 is 2.60 bits per heavy atom. The topological polar surface area (TPSA) is 17.0 Å². The van der Waals surface area contributed by atoms with Crippen LogP contribution in [0.2, 0.25) is 0 Å². The summed E-state index contributed by atoms with van der Waals surface area (Å²) in [5.74, 6) is 0. The summed E-state index contributed by atoms with van der Waals surface area (Å²) in [6.45, 7) is 0.851. The highest BCUT2D eigenvalue weighted by Crippen LogP contribution is 2.15. The minimum atomic E-state index is 0.851. The molecule has 0 unspecified atom stereocenters. The maximum absolute atomic E-state index is 3.48. The highest BCUT2D eigenvalue weighted by Gasteiger charge is 1.99. The van der Waals surface area contributed by atoms with E-state index in [1.54, 1.807) is 0 Å². The van der Waals surface area contributed by atoms with E-state index in [2.05, 4.69) is 50.2 Å². The van der Waals surface area contributed by atoms with Crippen molar-refractivity contribution in [3.05, 3.63) is 52.8 Å². The van der Waals surface area contributed by atoms with Crippen molar-refractivity contribution in [2.45, 2.75) is 6.54 Å². The molecule has 15 heavy (non-hydrogen) atoms. The van der Waals surface area contributed by atoms with Crippen molar-refractivity contribution in [2.24, 2.45) is 7.05 Å². The predicted octanol–water partition coefficient (Wildman–Crippen LogP) is 3.40. The van der Waals surface area contributed by atoms with Crippen LogP contribution >= 0.6 is 15.9 Å². The smallest absolute Gasteiger partial charge is 0.0847 e. The summed E-state index contributed by atoms with van der Waals surface area (Å²) in [5, 5.41) is 3.37. The zero-order chi connectivity index (χ0) is 10.7. The van der Waals surface area contributed by atoms with Gasteiger partial charge in [0.05, 0.1) is 4.60 Å². The highest BCUT2D eigenvalue weighted by atomic mass is 79.9. The Hall–Kier alpha value is -1.22. The Balaban J connectivity index is 1.99. The summed E-state index contributed by atoms with van der Waals surface area (Å²) in [6, 6.07) is 12.3. The number of benzene rings is 1. The van der Waals surface area contributed by atoms with E-state index >= 15 is 0 Å². The van der Waals surface area contributed by atoms with Gasteiger partial charge in [0, 0.05) is 25.5 Å². The standard InChI is InChI=1S/C12H13BrN2/c1-15-9-10(7-12(15)13)8-14-11-5-3-2-4-6-11/h2-7,9,14H,8H2,1H3. The van der Waals surface area contributed by atoms with Gasteiger partial charge in [-0.15, -0.1) is 0 Å². The van der Waals surface area contributed by atoms with Crippen LogP contribution in [-0.4, -0.2) is 4.57 Å². The van der Waals surface area contributed by atoms with Crippen molar-refractivity contribution in [1.29, 1.82) is 0 Å². The van der Waals surface area contributed by atoms with Gasteiger partial charge in [-0.1, -0.05) is 18.2 Å². The van der Waals surface area contributed by atoms with Crippen molar-refractivity contribution in [1.82, 2.24) is 4.57 Å². The van der Waals surface area contributed by atoms with Crippen molar-refractivity contribution in [3.8, 4) is 0 Å². The second-order valence-electron chi connectivity index (χ2n) is 3.50. The highest BCUT2D eigenvalue weighted by molar-refractivity contribution is 9.10. The van der Waals surface area contributed by atoms with Gasteiger partial charge < -0.3 is 9.88 Å². The average molecular weight is 265 g/mol. The molecular weight excluding hydrogens is 252 g/mol. The molecule has 0 aliphatic rings. The zero-order valence-electron chi connectivity index (χ0n) is 8.57. The molecule has 0 atom stereocenters. The number of hydrogen-bond donors (Lipinski definition) is 1. The summed E-state index contributed by atoms with van der Waals surface area (Å²) in [4.78, 5) is 0. The number of hydrogen-bond acceptors (Lipinski definition) is 1. The number of aryl methyl sites for hydroxylation is 1. The molecule has 2 aromatic rings. The Morgan fingerprint density at radius 1 is 1.27 bits per heavy atom. The lowest BCUT2D eigenvalue weighted by Crippen LogP contribution is -1.97. The maximum Gasteiger partial charge on any atom is 0.0847 e. The van der Waals surface area contributed by atoms with E-state index in [0.717, 1.165) is 16.8 Å². The molecule has 78 valence electrons. The molecule has 1 heterocycles. The van der Waals surface area contributed by atoms with E-state index in [-0.39, 0.29) is 0 Å². The van der Waals surface area contributed by atoms with Gasteiger partial charge in [-0.25, -0.2) is 0 Å². The zero-order valence-corrected chi connectivity index (χ0v) is 10.2. The number of rotatable bonds is 3. The van der Waals surface area contributed by atoms with E-state index in [1.807, 2.05) is 25.2 Å². The second kappa shape index (κ2) is 4.53. The third-order valence-electron chi connectivity index (χ3n) is 2.27. The maximum atomic E-state index is 3.48. The minimum absolute atomic E-state index is 0.851. The average Bonchev–Trinajstić information content (AvgIpc) is 2.57. The van der Waals surface area contributed by atoms with Gasteiger partial charge in [0.15, 0.2) is 0 Å². The van der Waals surface area contributed by atoms with Crippen LogP contribution in [0.25, 0.3) is 0 Å². The lowest BCUT2D eigenvalue weighted by molar-refractivity contribution is 0.896. The molecule has 0 spiro atoms. The Morgan fingerprint density at radius 2 is 2.00 bits per heavy atom. The number of anilines is 1. The number of nitrogens with one attached hydrogen (secondary N) is 1. The van der Waals surface area contributed by atoms with E-state index in [4.69, 9.17) is 0 Å². The molecule has 0 saturated carbocycles. The Labute approximate surface area is 98.1 Å². The number of nitrogens with zero attached hydrogens (tertiary/aromatic N) is 1. The molecule has 2 nitrogen and oxygen atoms in total. The van der Waals surface area contributed by atoms with Crippen LogP contribution in [-0.2, 0) is 13.6 Å². The Kier molecular flexibility index (Phi) is 3.11. The fourth-order valence-corrected chi connectivity index (χ4v) is 1.86. The van der Waals surface area contributed by atoms with Crippen molar-refractivity contribution < 1.29 is 0 Å². The first-order chi connectivity index (χ1) is 7.25. The van der Waals surface area contributed by atoms with E-state index in [0.29, 0.717) is 0 Å². The van der Waals surface area contributed by atoms with E-state index < -0.39 is 0 Å². The first-order valence-corrected chi connectivity index (χ1v) is 5.64. The van der Waals surface area contributed by atoms with Crippen molar-refractivity contribution >= 4 is 21.6 Å². The van der Waals surface area contributed by atoms with Crippen LogP contribution < -0.4 is 5.32 Å². The summed E-state index contributed by atoms with van der Waals surface area (Å²) < 4.78 is 3.16. The van der Waals surface area contributed by atoms with Gasteiger partial charge in [-0.3, -0.25) is 0 Å². The van der Waals surface area contributed by atoms with E-state index in [1.165, 1.54) is 5.56 Å². The first-order valence-electron chi connectivity index (χ1n) is 4.85. The molecule has 1 aromatic heterocycles. The molecular formula is C12H13BrN2. The lowest BCUT2D eigenvalue weighted by Gasteiger charge is -2.03. The second-order valence-corrected chi connectivity index (χ2v) is 4.31. The van der Waals surface area contributed by atoms with Gasteiger partial charge in [-0.05, 0) is 39.7 Å². The van der Waals surface area contributed by atoms with Gasteiger partial charge in [0.1, 0.15) is 0 Å². The fraction of sp³-hybridized carbons (Fsp3) is 0.167. The summed E-state index contributed by atoms with van der Waals surface area (Å²) in [7, 11) is 2.02. The monoisotopic (exact) mass is 264 g/mol. The van der Waals surface area contributed by atoms with Gasteiger partial charge in [0.25, 0.3) is 0 Å². The van der Waals surface area contributed by atoms with E-state index in [9.17, 15) is 0 Å². The quantitative estimate of drug-likeness (QED) is 0.900. The predicted molar refractivity (Wildman–Crippen MR) is 66.9 cm³/mol. The largest absolute Gasteiger partial charge is 0.381 e. The summed E-state index contributed by atoms with van der Waals surface area (Å²) >= 11 is 3.48. The van der Waals surface area contributed by atoms with Crippen molar-refractivity contribution in [2.75, 3.05) is 5.32 Å². The van der Waals surface area contributed by atoms with Crippen LogP contribution in [0.5, 0.6) is 0 Å². The molecule has 3 heteroatoms. The molecule has 0 amide bonds. The molecule has 2 rings (SSSR count). The molecule has 0 radical (unpaired) electrons. The normalized spacial score (nSPS) is 10.3. The minimum Gasteiger partial charge on any atom is -0.381 e. The summed E-state index contributed by atoms with van der Waals surface area (Å²) in [6.07, 6.45) is 2.11.